The van der Waals surface area contributed by atoms with E-state index < -0.39 is 0 Å². The van der Waals surface area contributed by atoms with Crippen molar-refractivity contribution in [3.63, 3.8) is 0 Å². The monoisotopic (exact) mass is 285 g/mol. The van der Waals surface area contributed by atoms with Gasteiger partial charge in [0.05, 0.1) is 0 Å². The van der Waals surface area contributed by atoms with Crippen molar-refractivity contribution in [2.24, 2.45) is 5.92 Å². The Balaban J connectivity index is 1.58. The van der Waals surface area contributed by atoms with E-state index in [-0.39, 0.29) is 5.41 Å². The fourth-order valence-corrected chi connectivity index (χ4v) is 3.71. The minimum Gasteiger partial charge on any atom is -0.311 e. The standard InChI is InChI=1S/C20H31N/c1-14-8-10-17(11-9-14)21-19-13-18(19)15-6-5-7-16(12-15)20(2,3)4/h5-7,12,14,17-19,21H,8-11,13H2,1-4H3/t14?,17?,18-,19+/m0/s1. The Morgan fingerprint density at radius 1 is 1.05 bits per heavy atom. The van der Waals surface area contributed by atoms with E-state index in [0.29, 0.717) is 0 Å². The van der Waals surface area contributed by atoms with E-state index in [0.717, 1.165) is 23.9 Å². The van der Waals surface area contributed by atoms with E-state index in [9.17, 15) is 0 Å². The van der Waals surface area contributed by atoms with Gasteiger partial charge in [-0.15, -0.1) is 0 Å². The maximum Gasteiger partial charge on any atom is 0.0145 e. The molecule has 0 spiro atoms. The van der Waals surface area contributed by atoms with Gasteiger partial charge in [0.15, 0.2) is 0 Å². The van der Waals surface area contributed by atoms with Gasteiger partial charge in [-0.1, -0.05) is 52.0 Å². The largest absolute Gasteiger partial charge is 0.311 e. The Hall–Kier alpha value is -0.820. The highest BCUT2D eigenvalue weighted by Gasteiger charge is 2.40. The fraction of sp³-hybridized carbons (Fsp3) is 0.700. The van der Waals surface area contributed by atoms with Crippen molar-refractivity contribution in [2.75, 3.05) is 0 Å². The van der Waals surface area contributed by atoms with Gasteiger partial charge in [0.25, 0.3) is 0 Å². The highest BCUT2D eigenvalue weighted by molar-refractivity contribution is 5.35. The average Bonchev–Trinajstić information content (AvgIpc) is 3.20. The molecule has 2 saturated carbocycles. The summed E-state index contributed by atoms with van der Waals surface area (Å²) in [6.45, 7) is 9.31. The van der Waals surface area contributed by atoms with Crippen LogP contribution < -0.4 is 5.32 Å². The zero-order valence-electron chi connectivity index (χ0n) is 14.2. The van der Waals surface area contributed by atoms with Gasteiger partial charge >= 0.3 is 0 Å². The second-order valence-corrected chi connectivity index (χ2v) is 8.45. The van der Waals surface area contributed by atoms with E-state index in [1.54, 1.807) is 5.56 Å². The molecule has 0 aromatic heterocycles. The molecule has 1 heteroatoms. The Bertz CT molecular complexity index is 477. The summed E-state index contributed by atoms with van der Waals surface area (Å²) in [5, 5.41) is 3.92. The number of rotatable bonds is 3. The normalized spacial score (nSPS) is 33.0. The third-order valence-corrected chi connectivity index (χ3v) is 5.44. The lowest BCUT2D eigenvalue weighted by Gasteiger charge is -2.27. The van der Waals surface area contributed by atoms with Crippen molar-refractivity contribution >= 4 is 0 Å². The smallest absolute Gasteiger partial charge is 0.0145 e. The Labute approximate surface area is 130 Å². The second kappa shape index (κ2) is 5.76. The molecule has 2 fully saturated rings. The van der Waals surface area contributed by atoms with Gasteiger partial charge in [-0.3, -0.25) is 0 Å². The van der Waals surface area contributed by atoms with Crippen LogP contribution in [0.25, 0.3) is 0 Å². The topological polar surface area (TPSA) is 12.0 Å². The predicted octanol–water partition coefficient (Wildman–Crippen LogP) is 5.01. The summed E-state index contributed by atoms with van der Waals surface area (Å²) in [4.78, 5) is 0. The van der Waals surface area contributed by atoms with Crippen molar-refractivity contribution in [1.29, 1.82) is 0 Å². The Morgan fingerprint density at radius 2 is 1.76 bits per heavy atom. The molecule has 0 saturated heterocycles. The highest BCUT2D eigenvalue weighted by Crippen LogP contribution is 2.43. The van der Waals surface area contributed by atoms with Crippen LogP contribution in [0.1, 0.15) is 76.8 Å². The summed E-state index contributed by atoms with van der Waals surface area (Å²) < 4.78 is 0. The molecule has 1 N–H and O–H groups in total. The maximum atomic E-state index is 3.92. The Kier molecular flexibility index (Phi) is 4.14. The first-order chi connectivity index (χ1) is 9.93. The number of hydrogen-bond donors (Lipinski definition) is 1. The SMILES string of the molecule is CC1CCC(N[C@@H]2C[C@H]2c2cccc(C(C)(C)C)c2)CC1. The third kappa shape index (κ3) is 3.69. The molecule has 1 nitrogen and oxygen atoms in total. The fourth-order valence-electron chi connectivity index (χ4n) is 3.71. The molecule has 1 aromatic carbocycles. The summed E-state index contributed by atoms with van der Waals surface area (Å²) in [6, 6.07) is 10.8. The van der Waals surface area contributed by atoms with Crippen LogP contribution in [0.4, 0.5) is 0 Å². The first-order valence-electron chi connectivity index (χ1n) is 8.80. The van der Waals surface area contributed by atoms with E-state index >= 15 is 0 Å². The van der Waals surface area contributed by atoms with Crippen LogP contribution in [0.3, 0.4) is 0 Å². The van der Waals surface area contributed by atoms with Gasteiger partial charge in [-0.05, 0) is 54.6 Å². The minimum atomic E-state index is 0.257. The number of benzene rings is 1. The van der Waals surface area contributed by atoms with Gasteiger partial charge in [0.1, 0.15) is 0 Å². The van der Waals surface area contributed by atoms with Crippen LogP contribution in [0.2, 0.25) is 0 Å². The molecule has 2 atom stereocenters. The summed E-state index contributed by atoms with van der Waals surface area (Å²) >= 11 is 0. The summed E-state index contributed by atoms with van der Waals surface area (Å²) in [6.07, 6.45) is 6.92. The van der Waals surface area contributed by atoms with Crippen LogP contribution in [-0.2, 0) is 5.41 Å². The maximum absolute atomic E-state index is 3.92. The zero-order chi connectivity index (χ0) is 15.0. The van der Waals surface area contributed by atoms with E-state index in [2.05, 4.69) is 57.3 Å². The molecule has 21 heavy (non-hydrogen) atoms. The molecule has 0 aliphatic heterocycles. The van der Waals surface area contributed by atoms with Crippen LogP contribution in [0, 0.1) is 5.92 Å². The van der Waals surface area contributed by atoms with Crippen LogP contribution in [0.15, 0.2) is 24.3 Å². The molecule has 0 radical (unpaired) electrons. The summed E-state index contributed by atoms with van der Waals surface area (Å²) in [5.74, 6) is 1.70. The Morgan fingerprint density at radius 3 is 2.43 bits per heavy atom. The first kappa shape index (κ1) is 15.1. The lowest BCUT2D eigenvalue weighted by molar-refractivity contribution is 0.305. The van der Waals surface area contributed by atoms with Crippen molar-refractivity contribution in [2.45, 2.75) is 83.2 Å². The first-order valence-corrected chi connectivity index (χ1v) is 8.80. The number of nitrogens with one attached hydrogen (secondary N) is 1. The molecule has 0 heterocycles. The quantitative estimate of drug-likeness (QED) is 0.823. The molecule has 2 aliphatic rings. The minimum absolute atomic E-state index is 0.257. The van der Waals surface area contributed by atoms with E-state index in [4.69, 9.17) is 0 Å². The van der Waals surface area contributed by atoms with Crippen LogP contribution in [-0.4, -0.2) is 12.1 Å². The van der Waals surface area contributed by atoms with Gasteiger partial charge < -0.3 is 5.32 Å². The van der Waals surface area contributed by atoms with Gasteiger partial charge in [0, 0.05) is 18.0 Å². The summed E-state index contributed by atoms with van der Waals surface area (Å²) in [5.41, 5.74) is 3.27. The molecule has 1 aromatic rings. The van der Waals surface area contributed by atoms with Gasteiger partial charge in [0.2, 0.25) is 0 Å². The van der Waals surface area contributed by atoms with Crippen molar-refractivity contribution in [3.8, 4) is 0 Å². The van der Waals surface area contributed by atoms with Crippen molar-refractivity contribution in [3.05, 3.63) is 35.4 Å². The highest BCUT2D eigenvalue weighted by atomic mass is 15.0. The molecule has 3 rings (SSSR count). The van der Waals surface area contributed by atoms with E-state index in [1.807, 2.05) is 0 Å². The molecular weight excluding hydrogens is 254 g/mol. The van der Waals surface area contributed by atoms with Crippen LogP contribution in [0.5, 0.6) is 0 Å². The average molecular weight is 285 g/mol. The lowest BCUT2D eigenvalue weighted by Crippen LogP contribution is -2.34. The third-order valence-electron chi connectivity index (χ3n) is 5.44. The van der Waals surface area contributed by atoms with Gasteiger partial charge in [-0.25, -0.2) is 0 Å². The lowest BCUT2D eigenvalue weighted by atomic mass is 9.85. The second-order valence-electron chi connectivity index (χ2n) is 8.45. The molecule has 0 unspecified atom stereocenters. The molecular formula is C20H31N. The molecule has 2 aliphatic carbocycles. The zero-order valence-corrected chi connectivity index (χ0v) is 14.2. The summed E-state index contributed by atoms with van der Waals surface area (Å²) in [7, 11) is 0. The molecule has 116 valence electrons. The molecule has 0 bridgehead atoms. The van der Waals surface area contributed by atoms with Gasteiger partial charge in [-0.2, -0.15) is 0 Å². The molecule has 0 amide bonds. The predicted molar refractivity (Wildman–Crippen MR) is 90.8 cm³/mol. The van der Waals surface area contributed by atoms with Crippen molar-refractivity contribution in [1.82, 2.24) is 5.32 Å². The van der Waals surface area contributed by atoms with E-state index in [1.165, 1.54) is 37.7 Å². The van der Waals surface area contributed by atoms with Crippen LogP contribution >= 0.6 is 0 Å². The number of hydrogen-bond acceptors (Lipinski definition) is 1. The van der Waals surface area contributed by atoms with Crippen molar-refractivity contribution < 1.29 is 0 Å².